The monoisotopic (exact) mass is 317 g/mol. The summed E-state index contributed by atoms with van der Waals surface area (Å²) in [6.45, 7) is 2.06. The van der Waals surface area contributed by atoms with E-state index < -0.39 is 0 Å². The molecule has 0 spiro atoms. The number of rotatable bonds is 3. The molecule has 0 bridgehead atoms. The highest BCUT2D eigenvalue weighted by Crippen LogP contribution is 2.32. The van der Waals surface area contributed by atoms with E-state index in [1.807, 2.05) is 6.92 Å². The Morgan fingerprint density at radius 2 is 2.23 bits per heavy atom. The van der Waals surface area contributed by atoms with E-state index in [1.54, 1.807) is 0 Å². The highest BCUT2D eigenvalue weighted by Gasteiger charge is 2.22. The lowest BCUT2D eigenvalue weighted by molar-refractivity contribution is 0.361. The van der Waals surface area contributed by atoms with E-state index >= 15 is 0 Å². The summed E-state index contributed by atoms with van der Waals surface area (Å²) >= 11 is 1.24. The lowest BCUT2D eigenvalue weighted by Crippen LogP contribution is -2.21. The molecule has 0 unspecified atom stereocenters. The van der Waals surface area contributed by atoms with Gasteiger partial charge in [0.05, 0.1) is 17.4 Å². The molecule has 114 valence electrons. The molecule has 0 atom stereocenters. The first-order valence-electron chi connectivity index (χ1n) is 7.36. The molecule has 0 amide bonds. The summed E-state index contributed by atoms with van der Waals surface area (Å²) in [4.78, 5) is 21.9. The van der Waals surface area contributed by atoms with Gasteiger partial charge < -0.3 is 4.52 Å². The summed E-state index contributed by atoms with van der Waals surface area (Å²) < 4.78 is 11.0. The Hall–Kier alpha value is -2.09. The highest BCUT2D eigenvalue weighted by atomic mass is 32.1. The van der Waals surface area contributed by atoms with Gasteiger partial charge in [-0.05, 0) is 31.3 Å². The predicted octanol–water partition coefficient (Wildman–Crippen LogP) is 2.25. The molecule has 1 aliphatic rings. The molecule has 0 N–H and O–H groups in total. The van der Waals surface area contributed by atoms with E-state index in [1.165, 1.54) is 35.3 Å². The minimum atomic E-state index is -0.114. The van der Waals surface area contributed by atoms with Crippen LogP contribution in [0.4, 0.5) is 0 Å². The standard InChI is InChI=1S/C14H15N5O2S/c1-8-11-13(22-18-8)15-7-19(14(11)20)6-10-16-12(17-21-10)9-4-2-3-5-9/h7,9H,2-6H2,1H3. The summed E-state index contributed by atoms with van der Waals surface area (Å²) in [5, 5.41) is 4.63. The van der Waals surface area contributed by atoms with E-state index in [0.717, 1.165) is 18.7 Å². The number of hydrogen-bond donors (Lipinski definition) is 0. The van der Waals surface area contributed by atoms with Crippen LogP contribution in [-0.4, -0.2) is 24.1 Å². The van der Waals surface area contributed by atoms with Crippen molar-refractivity contribution < 1.29 is 4.52 Å². The van der Waals surface area contributed by atoms with Gasteiger partial charge in [0.15, 0.2) is 10.7 Å². The average molecular weight is 317 g/mol. The highest BCUT2D eigenvalue weighted by molar-refractivity contribution is 7.12. The van der Waals surface area contributed by atoms with Gasteiger partial charge in [0.2, 0.25) is 5.89 Å². The van der Waals surface area contributed by atoms with Gasteiger partial charge in [0.25, 0.3) is 5.56 Å². The quantitative estimate of drug-likeness (QED) is 0.736. The van der Waals surface area contributed by atoms with E-state index in [-0.39, 0.29) is 12.1 Å². The van der Waals surface area contributed by atoms with Crippen LogP contribution in [0, 0.1) is 6.92 Å². The Bertz CT molecular complexity index is 875. The van der Waals surface area contributed by atoms with Gasteiger partial charge in [0.1, 0.15) is 6.54 Å². The van der Waals surface area contributed by atoms with Gasteiger partial charge in [-0.25, -0.2) is 4.98 Å². The normalized spacial score (nSPS) is 15.9. The van der Waals surface area contributed by atoms with E-state index in [2.05, 4.69) is 19.5 Å². The Morgan fingerprint density at radius 1 is 1.41 bits per heavy atom. The van der Waals surface area contributed by atoms with Crippen molar-refractivity contribution in [1.82, 2.24) is 24.1 Å². The molecule has 22 heavy (non-hydrogen) atoms. The van der Waals surface area contributed by atoms with Crippen molar-refractivity contribution in [1.29, 1.82) is 0 Å². The zero-order chi connectivity index (χ0) is 15.1. The van der Waals surface area contributed by atoms with Crippen LogP contribution in [0.15, 0.2) is 15.6 Å². The minimum Gasteiger partial charge on any atom is -0.337 e. The topological polar surface area (TPSA) is 86.7 Å². The van der Waals surface area contributed by atoms with Crippen LogP contribution in [0.5, 0.6) is 0 Å². The number of fused-ring (bicyclic) bond motifs is 1. The molecular weight excluding hydrogens is 302 g/mol. The summed E-state index contributed by atoms with van der Waals surface area (Å²) in [7, 11) is 0. The molecule has 0 aliphatic heterocycles. The van der Waals surface area contributed by atoms with Crippen LogP contribution in [-0.2, 0) is 6.54 Å². The zero-order valence-electron chi connectivity index (χ0n) is 12.2. The maximum absolute atomic E-state index is 12.5. The number of aromatic nitrogens is 5. The molecular formula is C14H15N5O2S. The maximum atomic E-state index is 12.5. The van der Waals surface area contributed by atoms with Crippen LogP contribution in [0.2, 0.25) is 0 Å². The van der Waals surface area contributed by atoms with E-state index in [9.17, 15) is 4.79 Å². The van der Waals surface area contributed by atoms with Crippen molar-refractivity contribution in [3.8, 4) is 0 Å². The number of nitrogens with zero attached hydrogens (tertiary/aromatic N) is 5. The lowest BCUT2D eigenvalue weighted by Gasteiger charge is -2.01. The molecule has 7 nitrogen and oxygen atoms in total. The van der Waals surface area contributed by atoms with Gasteiger partial charge in [-0.2, -0.15) is 9.36 Å². The van der Waals surface area contributed by atoms with Crippen molar-refractivity contribution in [2.45, 2.75) is 45.1 Å². The second-order valence-corrected chi connectivity index (χ2v) is 6.41. The van der Waals surface area contributed by atoms with Gasteiger partial charge in [0, 0.05) is 5.92 Å². The van der Waals surface area contributed by atoms with Crippen LogP contribution in [0.3, 0.4) is 0 Å². The molecule has 0 aromatic carbocycles. The first-order chi connectivity index (χ1) is 10.7. The van der Waals surface area contributed by atoms with Gasteiger partial charge in [-0.15, -0.1) is 0 Å². The fourth-order valence-electron chi connectivity index (χ4n) is 2.95. The third-order valence-electron chi connectivity index (χ3n) is 4.14. The predicted molar refractivity (Wildman–Crippen MR) is 81.0 cm³/mol. The smallest absolute Gasteiger partial charge is 0.264 e. The Labute approximate surface area is 130 Å². The van der Waals surface area contributed by atoms with E-state index in [0.29, 0.717) is 27.7 Å². The van der Waals surface area contributed by atoms with Crippen LogP contribution < -0.4 is 5.56 Å². The second kappa shape index (κ2) is 5.28. The van der Waals surface area contributed by atoms with Crippen molar-refractivity contribution >= 4 is 21.7 Å². The molecule has 0 radical (unpaired) electrons. The van der Waals surface area contributed by atoms with Gasteiger partial charge in [-0.3, -0.25) is 9.36 Å². The van der Waals surface area contributed by atoms with Crippen LogP contribution in [0.1, 0.15) is 49.0 Å². The second-order valence-electron chi connectivity index (χ2n) is 5.65. The third-order valence-corrected chi connectivity index (χ3v) is 4.99. The molecule has 4 rings (SSSR count). The summed E-state index contributed by atoms with van der Waals surface area (Å²) in [5.74, 6) is 1.62. The third kappa shape index (κ3) is 2.23. The van der Waals surface area contributed by atoms with Crippen molar-refractivity contribution in [2.75, 3.05) is 0 Å². The fourth-order valence-corrected chi connectivity index (χ4v) is 3.69. The first-order valence-corrected chi connectivity index (χ1v) is 8.13. The van der Waals surface area contributed by atoms with Crippen molar-refractivity contribution in [3.05, 3.63) is 34.1 Å². The molecule has 3 heterocycles. The molecule has 3 aromatic rings. The fraction of sp³-hybridized carbons (Fsp3) is 0.500. The molecule has 1 saturated carbocycles. The molecule has 3 aromatic heterocycles. The number of hydrogen-bond acceptors (Lipinski definition) is 7. The molecule has 0 saturated heterocycles. The Kier molecular flexibility index (Phi) is 3.25. The van der Waals surface area contributed by atoms with Crippen molar-refractivity contribution in [3.63, 3.8) is 0 Å². The zero-order valence-corrected chi connectivity index (χ0v) is 13.0. The summed E-state index contributed by atoms with van der Waals surface area (Å²) in [5.41, 5.74) is 0.598. The largest absolute Gasteiger partial charge is 0.337 e. The maximum Gasteiger partial charge on any atom is 0.264 e. The molecule has 1 aliphatic carbocycles. The Balaban J connectivity index is 1.64. The minimum absolute atomic E-state index is 0.114. The van der Waals surface area contributed by atoms with Gasteiger partial charge >= 0.3 is 0 Å². The lowest BCUT2D eigenvalue weighted by atomic mass is 10.1. The van der Waals surface area contributed by atoms with Crippen LogP contribution in [0.25, 0.3) is 10.2 Å². The Morgan fingerprint density at radius 3 is 3.05 bits per heavy atom. The van der Waals surface area contributed by atoms with Crippen LogP contribution >= 0.6 is 11.5 Å². The summed E-state index contributed by atoms with van der Waals surface area (Å²) in [6, 6.07) is 0. The SMILES string of the molecule is Cc1nsc2ncn(Cc3nc(C4CCCC4)no3)c(=O)c12. The molecule has 8 heteroatoms. The number of aryl methyl sites for hydroxylation is 1. The first kappa shape index (κ1) is 13.6. The summed E-state index contributed by atoms with van der Waals surface area (Å²) in [6.07, 6.45) is 6.19. The van der Waals surface area contributed by atoms with Crippen molar-refractivity contribution in [2.24, 2.45) is 0 Å². The van der Waals surface area contributed by atoms with E-state index in [4.69, 9.17) is 4.52 Å². The molecule has 1 fully saturated rings. The average Bonchev–Trinajstić information content (AvgIpc) is 3.23. The van der Waals surface area contributed by atoms with Gasteiger partial charge in [-0.1, -0.05) is 18.0 Å².